The van der Waals surface area contributed by atoms with Crippen LogP contribution in [0.1, 0.15) is 139 Å². The maximum Gasteiger partial charge on any atom is 0.0720 e. The third-order valence-electron chi connectivity index (χ3n) is 31.6. The van der Waals surface area contributed by atoms with E-state index in [0.29, 0.717) is 0 Å². The van der Waals surface area contributed by atoms with E-state index in [9.17, 15) is 0 Å². The van der Waals surface area contributed by atoms with Crippen LogP contribution in [0.25, 0.3) is 77.9 Å². The maximum absolute atomic E-state index is 2.59. The molecule has 0 bridgehead atoms. The molecular formula is C136H98N2. The molecule has 138 heavy (non-hydrogen) atoms. The summed E-state index contributed by atoms with van der Waals surface area (Å²) in [4.78, 5) is 5.07. The molecule has 0 aliphatic heterocycles. The number of anilines is 6. The van der Waals surface area contributed by atoms with Crippen molar-refractivity contribution in [3.63, 3.8) is 0 Å². The molecule has 2 spiro atoms. The van der Waals surface area contributed by atoms with Crippen LogP contribution in [0.5, 0.6) is 0 Å². The van der Waals surface area contributed by atoms with Gasteiger partial charge in [0.05, 0.1) is 27.3 Å². The molecule has 0 saturated carbocycles. The summed E-state index contributed by atoms with van der Waals surface area (Å²) in [5, 5.41) is 0. The minimum atomic E-state index is -0.633. The van der Waals surface area contributed by atoms with E-state index in [1.54, 1.807) is 0 Å². The number of rotatable bonds is 13. The molecule has 2 nitrogen and oxygen atoms in total. The Bertz CT molecular complexity index is 8130. The van der Waals surface area contributed by atoms with Crippen LogP contribution in [0.4, 0.5) is 34.1 Å². The Morgan fingerprint density at radius 2 is 0.391 bits per heavy atom. The van der Waals surface area contributed by atoms with Gasteiger partial charge in [-0.2, -0.15) is 0 Å². The van der Waals surface area contributed by atoms with Gasteiger partial charge in [-0.1, -0.05) is 477 Å². The van der Waals surface area contributed by atoms with E-state index in [2.05, 4.69) is 559 Å². The molecule has 27 rings (SSSR count). The topological polar surface area (TPSA) is 6.48 Å². The van der Waals surface area contributed by atoms with Gasteiger partial charge in [-0.25, -0.2) is 0 Å². The van der Waals surface area contributed by atoms with Gasteiger partial charge < -0.3 is 9.80 Å². The van der Waals surface area contributed by atoms with Crippen molar-refractivity contribution in [3.05, 3.63) is 633 Å². The molecular weight excluding hydrogens is 1660 g/mol. The number of hydrogen-bond donors (Lipinski definition) is 0. The highest BCUT2D eigenvalue weighted by molar-refractivity contribution is 6.00. The Morgan fingerprint density at radius 1 is 0.138 bits per heavy atom. The number of benzene rings is 21. The van der Waals surface area contributed by atoms with Crippen LogP contribution in [0.2, 0.25) is 0 Å². The second-order valence-electron chi connectivity index (χ2n) is 39.1. The summed E-state index contributed by atoms with van der Waals surface area (Å²) < 4.78 is 0. The molecule has 0 heterocycles. The quantitative estimate of drug-likeness (QED) is 0.114. The summed E-state index contributed by atoms with van der Waals surface area (Å²) in [5.74, 6) is 0. The number of fused-ring (bicyclic) bond motifs is 24. The van der Waals surface area contributed by atoms with Crippen molar-refractivity contribution in [2.75, 3.05) is 9.80 Å². The van der Waals surface area contributed by atoms with Gasteiger partial charge in [-0.3, -0.25) is 0 Å². The van der Waals surface area contributed by atoms with Crippen molar-refractivity contribution in [1.29, 1.82) is 0 Å². The molecule has 0 unspecified atom stereocenters. The van der Waals surface area contributed by atoms with E-state index in [-0.39, 0.29) is 10.8 Å². The summed E-state index contributed by atoms with van der Waals surface area (Å²) in [6, 6.07) is 196. The minimum absolute atomic E-state index is 0.154. The van der Waals surface area contributed by atoms with Crippen LogP contribution in [-0.4, -0.2) is 0 Å². The van der Waals surface area contributed by atoms with Gasteiger partial charge in [0.2, 0.25) is 0 Å². The molecule has 0 aromatic heterocycles. The van der Waals surface area contributed by atoms with E-state index in [1.807, 2.05) is 0 Å². The molecule has 21 aromatic carbocycles. The van der Waals surface area contributed by atoms with E-state index in [4.69, 9.17) is 0 Å². The summed E-state index contributed by atoms with van der Waals surface area (Å²) >= 11 is 0. The summed E-state index contributed by atoms with van der Waals surface area (Å²) in [7, 11) is 0. The van der Waals surface area contributed by atoms with Crippen LogP contribution >= 0.6 is 0 Å². The monoisotopic (exact) mass is 1760 g/mol. The minimum Gasteiger partial charge on any atom is -0.310 e. The predicted octanol–water partition coefficient (Wildman–Crippen LogP) is 34.0. The molecule has 6 aliphatic rings. The van der Waals surface area contributed by atoms with E-state index >= 15 is 0 Å². The SMILES string of the molecule is CC1(C)c2ccccc2-c2ccc(N(c3ccc4c(c3)C3(c5ccccc5-4)c4ccccc4C(c4ccccc4)(c4ccccc4)c4ccccc43)c3cccc4c3-c3ccccc3C4(C)C)cc21.c1ccc(-c2ccc(N(c3cc(-c4ccccc4)cc(-c4ccccc4)c3)c3ccc4c(c3)C3(c5ccccc5-4)c4ccccc4C(c4ccccc4)(c4ccccc4)c4ccccc43)cc2)cc1. The first-order valence-corrected chi connectivity index (χ1v) is 48.6. The van der Waals surface area contributed by atoms with Crippen molar-refractivity contribution < 1.29 is 0 Å². The summed E-state index contributed by atoms with van der Waals surface area (Å²) in [5.41, 5.74) is 47.7. The molecule has 6 aliphatic carbocycles. The normalized spacial score (nSPS) is 14.7. The van der Waals surface area contributed by atoms with E-state index in [0.717, 1.165) is 39.6 Å². The van der Waals surface area contributed by atoms with Gasteiger partial charge in [-0.05, 0) is 256 Å². The Hall–Kier alpha value is -16.8. The standard InChI is InChI=1S/C68H51N.C68H47N/c1-65(2)54-30-15-13-28-52(54)64-60(65)36-21-37-63(64)69(46-38-40-50-48-26-11-14-29-53(48)66(3,4)61(50)42-46)47-39-41-51-49-27-12-16-31-55(49)68(62(51)43-47)58-34-19-17-32-56(58)67(44-22-7-5-8-23-44,45-24-9-6-10-25-45)57-33-18-20-35-59(57)68;1-6-22-48(23-7-1)51-38-40-56(41-39-51)69(58-45-52(49-24-8-2-9-25-49)44-53(46-58)50-26-10-3-11-27-50)57-42-43-60-59-32-16-17-33-61(59)68(66(60)47-57)64-36-20-18-34-62(64)67(54-28-12-4-13-29-54,55-30-14-5-15-31-55)63-35-19-21-37-65(63)68/h5-43H,1-4H3;1-47H. The fraction of sp³-hybridized carbons (Fsp3) is 0.0735. The predicted molar refractivity (Wildman–Crippen MR) is 572 cm³/mol. The van der Waals surface area contributed by atoms with Crippen LogP contribution in [0, 0.1) is 0 Å². The summed E-state index contributed by atoms with van der Waals surface area (Å²) in [6.45, 7) is 9.56. The van der Waals surface area contributed by atoms with Crippen LogP contribution in [-0.2, 0) is 32.5 Å². The van der Waals surface area contributed by atoms with E-state index in [1.165, 1.54) is 184 Å². The summed E-state index contributed by atoms with van der Waals surface area (Å²) in [6.07, 6.45) is 0. The van der Waals surface area contributed by atoms with Crippen molar-refractivity contribution in [1.82, 2.24) is 0 Å². The first-order valence-electron chi connectivity index (χ1n) is 48.6. The smallest absolute Gasteiger partial charge is 0.0720 e. The lowest BCUT2D eigenvalue weighted by atomic mass is 9.51. The van der Waals surface area contributed by atoms with Crippen molar-refractivity contribution >= 4 is 34.1 Å². The first kappa shape index (κ1) is 81.9. The number of nitrogens with zero attached hydrogens (tertiary/aromatic N) is 2. The Labute approximate surface area is 809 Å². The van der Waals surface area contributed by atoms with Gasteiger partial charge in [-0.15, -0.1) is 0 Å². The van der Waals surface area contributed by atoms with Gasteiger partial charge >= 0.3 is 0 Å². The molecule has 0 N–H and O–H groups in total. The molecule has 0 atom stereocenters. The second kappa shape index (κ2) is 32.0. The van der Waals surface area contributed by atoms with Crippen molar-refractivity contribution in [3.8, 4) is 77.9 Å². The zero-order valence-corrected chi connectivity index (χ0v) is 77.5. The highest BCUT2D eigenvalue weighted by atomic mass is 15.2. The van der Waals surface area contributed by atoms with Gasteiger partial charge in [0.15, 0.2) is 0 Å². The fourth-order valence-electron chi connectivity index (χ4n) is 25.8. The van der Waals surface area contributed by atoms with Gasteiger partial charge in [0, 0.05) is 44.8 Å². The number of hydrogen-bond acceptors (Lipinski definition) is 2. The molecule has 0 saturated heterocycles. The third-order valence-corrected chi connectivity index (χ3v) is 31.6. The van der Waals surface area contributed by atoms with Crippen LogP contribution in [0.3, 0.4) is 0 Å². The average molecular weight is 1760 g/mol. The average Bonchev–Trinajstić information content (AvgIpc) is 1.45. The Balaban J connectivity index is 0.000000143. The van der Waals surface area contributed by atoms with E-state index < -0.39 is 21.7 Å². The van der Waals surface area contributed by atoms with Crippen LogP contribution in [0.15, 0.2) is 522 Å². The molecule has 21 aromatic rings. The molecule has 0 fully saturated rings. The Kier molecular flexibility index (Phi) is 19.0. The first-order chi connectivity index (χ1) is 68.0. The van der Waals surface area contributed by atoms with Crippen molar-refractivity contribution in [2.45, 2.75) is 60.2 Å². The lowest BCUT2D eigenvalue weighted by Gasteiger charge is -2.50. The lowest BCUT2D eigenvalue weighted by Crippen LogP contribution is -2.44. The van der Waals surface area contributed by atoms with Crippen molar-refractivity contribution in [2.24, 2.45) is 0 Å². The fourth-order valence-corrected chi connectivity index (χ4v) is 25.8. The van der Waals surface area contributed by atoms with Gasteiger partial charge in [0.25, 0.3) is 0 Å². The zero-order valence-electron chi connectivity index (χ0n) is 77.5. The highest BCUT2D eigenvalue weighted by Crippen LogP contribution is 2.69. The molecule has 0 radical (unpaired) electrons. The Morgan fingerprint density at radius 3 is 0.775 bits per heavy atom. The second-order valence-corrected chi connectivity index (χ2v) is 39.1. The lowest BCUT2D eigenvalue weighted by molar-refractivity contribution is 0.623. The highest BCUT2D eigenvalue weighted by Gasteiger charge is 2.59. The molecule has 652 valence electrons. The zero-order chi connectivity index (χ0) is 92.1. The third kappa shape index (κ3) is 11.9. The maximum atomic E-state index is 2.59. The largest absolute Gasteiger partial charge is 0.310 e. The van der Waals surface area contributed by atoms with Crippen LogP contribution < -0.4 is 9.80 Å². The molecule has 0 amide bonds. The molecule has 2 heteroatoms. The van der Waals surface area contributed by atoms with Gasteiger partial charge in [0.1, 0.15) is 0 Å².